The van der Waals surface area contributed by atoms with E-state index in [-0.39, 0.29) is 0 Å². The van der Waals surface area contributed by atoms with Crippen LogP contribution in [0.25, 0.3) is 0 Å². The topological polar surface area (TPSA) is 18.5 Å². The lowest BCUT2D eigenvalue weighted by molar-refractivity contribution is 0.351. The Balaban J connectivity index is 2.31. The molecule has 0 N–H and O–H groups in total. The van der Waals surface area contributed by atoms with Crippen LogP contribution in [0.1, 0.15) is 16.5 Å². The Labute approximate surface area is 133 Å². The van der Waals surface area contributed by atoms with Gasteiger partial charge in [0.1, 0.15) is 5.82 Å². The van der Waals surface area contributed by atoms with E-state index in [1.807, 2.05) is 18.2 Å². The number of hydrogen-bond donors (Lipinski definition) is 0. The molecule has 0 aromatic heterocycles. The highest BCUT2D eigenvalue weighted by Crippen LogP contribution is 2.36. The first-order valence-electron chi connectivity index (χ1n) is 6.35. The van der Waals surface area contributed by atoms with Gasteiger partial charge in [0.15, 0.2) is 11.5 Å². The normalized spacial score (nSPS) is 12.0. The summed E-state index contributed by atoms with van der Waals surface area (Å²) in [4.78, 5) is 0. The molecule has 2 rings (SSSR count). The summed E-state index contributed by atoms with van der Waals surface area (Å²) in [6, 6.07) is 10.2. The first kappa shape index (κ1) is 15.9. The molecule has 112 valence electrons. The maximum absolute atomic E-state index is 14.2. The molecule has 21 heavy (non-hydrogen) atoms. The molecule has 5 heteroatoms. The monoisotopic (exact) mass is 328 g/mol. The second-order valence-electron chi connectivity index (χ2n) is 4.49. The second kappa shape index (κ2) is 7.01. The van der Waals surface area contributed by atoms with E-state index in [1.54, 1.807) is 12.1 Å². The van der Waals surface area contributed by atoms with Crippen molar-refractivity contribution in [2.45, 2.75) is 11.8 Å². The van der Waals surface area contributed by atoms with E-state index in [9.17, 15) is 4.39 Å². The minimum atomic E-state index is -0.551. The van der Waals surface area contributed by atoms with E-state index in [4.69, 9.17) is 32.7 Å². The minimum absolute atomic E-state index is 0.334. The molecule has 0 aliphatic rings. The van der Waals surface area contributed by atoms with Gasteiger partial charge in [-0.05, 0) is 24.1 Å². The van der Waals surface area contributed by atoms with Gasteiger partial charge < -0.3 is 9.47 Å². The molecule has 1 unspecified atom stereocenters. The molecule has 1 atom stereocenters. The van der Waals surface area contributed by atoms with E-state index in [0.717, 1.165) is 5.56 Å². The van der Waals surface area contributed by atoms with Gasteiger partial charge in [-0.2, -0.15) is 0 Å². The molecule has 2 aromatic carbocycles. The van der Waals surface area contributed by atoms with E-state index in [2.05, 4.69) is 0 Å². The summed E-state index contributed by atoms with van der Waals surface area (Å²) < 4.78 is 24.4. The molecule has 2 nitrogen and oxygen atoms in total. The second-order valence-corrected chi connectivity index (χ2v) is 5.43. The van der Waals surface area contributed by atoms with Gasteiger partial charge in [0, 0.05) is 16.7 Å². The molecule has 0 aliphatic heterocycles. The van der Waals surface area contributed by atoms with Crippen LogP contribution in [0.4, 0.5) is 4.39 Å². The predicted molar refractivity (Wildman–Crippen MR) is 83.3 cm³/mol. The molecule has 0 bridgehead atoms. The lowest BCUT2D eigenvalue weighted by Crippen LogP contribution is -2.02. The molecule has 0 fully saturated rings. The summed E-state index contributed by atoms with van der Waals surface area (Å²) in [5, 5.41) is 0.0636. The third kappa shape index (κ3) is 3.60. The molecule has 0 saturated carbocycles. The Bertz CT molecular complexity index is 632. The van der Waals surface area contributed by atoms with Crippen molar-refractivity contribution >= 4 is 23.2 Å². The van der Waals surface area contributed by atoms with Crippen molar-refractivity contribution in [1.82, 2.24) is 0 Å². The fraction of sp³-hybridized carbons (Fsp3) is 0.250. The highest BCUT2D eigenvalue weighted by molar-refractivity contribution is 6.31. The van der Waals surface area contributed by atoms with Crippen molar-refractivity contribution in [1.29, 1.82) is 0 Å². The number of alkyl halides is 1. The summed E-state index contributed by atoms with van der Waals surface area (Å²) in [7, 11) is 2.95. The fourth-order valence-corrected chi connectivity index (χ4v) is 2.62. The van der Waals surface area contributed by atoms with Crippen LogP contribution in [0.2, 0.25) is 5.02 Å². The molecule has 0 radical (unpaired) electrons. The number of methoxy groups -OCH3 is 2. The zero-order valence-corrected chi connectivity index (χ0v) is 13.2. The average Bonchev–Trinajstić information content (AvgIpc) is 2.49. The smallest absolute Gasteiger partial charge is 0.163 e. The zero-order chi connectivity index (χ0) is 15.4. The van der Waals surface area contributed by atoms with Gasteiger partial charge in [-0.3, -0.25) is 0 Å². The van der Waals surface area contributed by atoms with Gasteiger partial charge >= 0.3 is 0 Å². The van der Waals surface area contributed by atoms with Crippen LogP contribution in [0, 0.1) is 5.82 Å². The maximum Gasteiger partial charge on any atom is 0.163 e. The Kier molecular flexibility index (Phi) is 5.32. The molecule has 0 heterocycles. The van der Waals surface area contributed by atoms with Gasteiger partial charge in [-0.25, -0.2) is 4.39 Å². The van der Waals surface area contributed by atoms with Gasteiger partial charge in [0.05, 0.1) is 19.6 Å². The third-order valence-electron chi connectivity index (χ3n) is 3.20. The summed E-state index contributed by atoms with van der Waals surface area (Å²) in [5.74, 6) is 0.346. The van der Waals surface area contributed by atoms with Crippen LogP contribution in [0.3, 0.4) is 0 Å². The number of ether oxygens (including phenoxy) is 2. The van der Waals surface area contributed by atoms with Gasteiger partial charge in [-0.15, -0.1) is 11.6 Å². The lowest BCUT2D eigenvalue weighted by atomic mass is 10.0. The molecular formula is C16H15Cl2FO2. The fourth-order valence-electron chi connectivity index (χ4n) is 2.08. The van der Waals surface area contributed by atoms with Crippen LogP contribution in [0.15, 0.2) is 36.4 Å². The van der Waals surface area contributed by atoms with E-state index >= 15 is 0 Å². The number of halogens is 3. The number of hydrogen-bond acceptors (Lipinski definition) is 2. The molecule has 0 aliphatic carbocycles. The highest BCUT2D eigenvalue weighted by atomic mass is 35.5. The first-order chi connectivity index (χ1) is 10.1. The van der Waals surface area contributed by atoms with E-state index in [0.29, 0.717) is 28.5 Å². The van der Waals surface area contributed by atoms with Crippen molar-refractivity contribution in [2.75, 3.05) is 14.2 Å². The quantitative estimate of drug-likeness (QED) is 0.717. The molecular weight excluding hydrogens is 314 g/mol. The average molecular weight is 329 g/mol. The maximum atomic E-state index is 14.2. The van der Waals surface area contributed by atoms with Crippen molar-refractivity contribution in [3.05, 3.63) is 58.4 Å². The Hall–Kier alpha value is -1.45. The molecule has 0 amide bonds. The third-order valence-corrected chi connectivity index (χ3v) is 3.96. The van der Waals surface area contributed by atoms with Crippen LogP contribution < -0.4 is 9.47 Å². The van der Waals surface area contributed by atoms with E-state index in [1.165, 1.54) is 20.3 Å². The van der Waals surface area contributed by atoms with Crippen molar-refractivity contribution in [3.8, 4) is 11.5 Å². The summed E-state index contributed by atoms with van der Waals surface area (Å²) in [6.07, 6.45) is 0.424. The number of benzene rings is 2. The van der Waals surface area contributed by atoms with Crippen molar-refractivity contribution in [3.63, 3.8) is 0 Å². The Morgan fingerprint density at radius 1 is 1.10 bits per heavy atom. The Morgan fingerprint density at radius 2 is 1.71 bits per heavy atom. The van der Waals surface area contributed by atoms with Crippen LogP contribution in [0.5, 0.6) is 11.5 Å². The van der Waals surface area contributed by atoms with Crippen LogP contribution in [-0.2, 0) is 6.42 Å². The van der Waals surface area contributed by atoms with Crippen LogP contribution >= 0.6 is 23.2 Å². The standard InChI is InChI=1S/C16H15Cl2FO2/c1-20-15-8-11(14(19)9-16(15)21-2)13(18)7-10-5-3-4-6-12(10)17/h3-6,8-9,13H,7H2,1-2H3. The Morgan fingerprint density at radius 3 is 2.33 bits per heavy atom. The molecule has 2 aromatic rings. The van der Waals surface area contributed by atoms with E-state index < -0.39 is 11.2 Å². The SMILES string of the molecule is COc1cc(F)c(C(Cl)Cc2ccccc2Cl)cc1OC. The first-order valence-corrected chi connectivity index (χ1v) is 7.17. The molecule has 0 saturated heterocycles. The number of rotatable bonds is 5. The summed E-state index contributed by atoms with van der Waals surface area (Å²) >= 11 is 12.5. The predicted octanol–water partition coefficient (Wildman–Crippen LogP) is 5.02. The minimum Gasteiger partial charge on any atom is -0.493 e. The largest absolute Gasteiger partial charge is 0.493 e. The van der Waals surface area contributed by atoms with Gasteiger partial charge in [0.25, 0.3) is 0 Å². The van der Waals surface area contributed by atoms with Gasteiger partial charge in [-0.1, -0.05) is 29.8 Å². The summed E-state index contributed by atoms with van der Waals surface area (Å²) in [6.45, 7) is 0. The highest BCUT2D eigenvalue weighted by Gasteiger charge is 2.19. The summed E-state index contributed by atoms with van der Waals surface area (Å²) in [5.41, 5.74) is 1.22. The van der Waals surface area contributed by atoms with Crippen molar-refractivity contribution in [2.24, 2.45) is 0 Å². The zero-order valence-electron chi connectivity index (χ0n) is 11.7. The lowest BCUT2D eigenvalue weighted by Gasteiger charge is -2.15. The van der Waals surface area contributed by atoms with Gasteiger partial charge in [0.2, 0.25) is 0 Å². The van der Waals surface area contributed by atoms with Crippen LogP contribution in [-0.4, -0.2) is 14.2 Å². The molecule has 0 spiro atoms. The van der Waals surface area contributed by atoms with Crippen molar-refractivity contribution < 1.29 is 13.9 Å².